The van der Waals surface area contributed by atoms with Crippen LogP contribution >= 0.6 is 0 Å². The first kappa shape index (κ1) is 15.8. The molecule has 4 heteroatoms. The van der Waals surface area contributed by atoms with E-state index in [4.69, 9.17) is 0 Å². The Hall–Kier alpha value is -2.10. The summed E-state index contributed by atoms with van der Waals surface area (Å²) < 4.78 is 0. The standard InChI is InChI=1S/C19H26N4/c1-15-5-7-16(8-6-15)19(2)10-13-23(14-11-19)17-9-12-20-18(21-17)22(3)4/h5-9,12H,10-11,13-14H2,1-4H3. The molecule has 0 amide bonds. The van der Waals surface area contributed by atoms with Gasteiger partial charge in [0, 0.05) is 33.4 Å². The minimum Gasteiger partial charge on any atom is -0.356 e. The van der Waals surface area contributed by atoms with Crippen LogP contribution < -0.4 is 9.80 Å². The van der Waals surface area contributed by atoms with Crippen molar-refractivity contribution in [3.63, 3.8) is 0 Å². The lowest BCUT2D eigenvalue weighted by Crippen LogP contribution is -2.41. The summed E-state index contributed by atoms with van der Waals surface area (Å²) in [4.78, 5) is 13.3. The maximum atomic E-state index is 4.67. The van der Waals surface area contributed by atoms with Gasteiger partial charge in [0.2, 0.25) is 5.95 Å². The van der Waals surface area contributed by atoms with E-state index in [2.05, 4.69) is 53.0 Å². The fourth-order valence-corrected chi connectivity index (χ4v) is 3.20. The SMILES string of the molecule is Cc1ccc(C2(C)CCN(c3ccnc(N(C)C)n3)CC2)cc1. The van der Waals surface area contributed by atoms with E-state index in [1.807, 2.05) is 31.3 Å². The first-order chi connectivity index (χ1) is 11.0. The lowest BCUT2D eigenvalue weighted by atomic mass is 9.74. The van der Waals surface area contributed by atoms with Gasteiger partial charge >= 0.3 is 0 Å². The number of anilines is 2. The van der Waals surface area contributed by atoms with Crippen molar-refractivity contribution in [2.24, 2.45) is 0 Å². The van der Waals surface area contributed by atoms with Crippen LogP contribution in [0.3, 0.4) is 0 Å². The highest BCUT2D eigenvalue weighted by molar-refractivity contribution is 5.44. The number of hydrogen-bond acceptors (Lipinski definition) is 4. The average Bonchev–Trinajstić information content (AvgIpc) is 2.56. The molecule has 1 aliphatic heterocycles. The molecule has 1 saturated heterocycles. The van der Waals surface area contributed by atoms with Crippen LogP contribution in [0.1, 0.15) is 30.9 Å². The van der Waals surface area contributed by atoms with E-state index in [0.717, 1.165) is 37.7 Å². The van der Waals surface area contributed by atoms with Gasteiger partial charge in [0.25, 0.3) is 0 Å². The second kappa shape index (κ2) is 6.19. The molecular weight excluding hydrogens is 284 g/mol. The van der Waals surface area contributed by atoms with Gasteiger partial charge in [0.15, 0.2) is 0 Å². The predicted molar refractivity (Wildman–Crippen MR) is 96.3 cm³/mol. The summed E-state index contributed by atoms with van der Waals surface area (Å²) in [5, 5.41) is 0. The first-order valence-electron chi connectivity index (χ1n) is 8.30. The highest BCUT2D eigenvalue weighted by atomic mass is 15.3. The van der Waals surface area contributed by atoms with E-state index >= 15 is 0 Å². The van der Waals surface area contributed by atoms with E-state index in [1.54, 1.807) is 0 Å². The normalized spacial score (nSPS) is 17.1. The van der Waals surface area contributed by atoms with Crippen LogP contribution in [0.25, 0.3) is 0 Å². The summed E-state index contributed by atoms with van der Waals surface area (Å²) in [5.74, 6) is 1.81. The third kappa shape index (κ3) is 3.31. The molecule has 1 aromatic heterocycles. The van der Waals surface area contributed by atoms with Crippen LogP contribution in [0.5, 0.6) is 0 Å². The molecule has 1 fully saturated rings. The molecule has 0 radical (unpaired) electrons. The van der Waals surface area contributed by atoms with Crippen LogP contribution in [0.15, 0.2) is 36.5 Å². The summed E-state index contributed by atoms with van der Waals surface area (Å²) in [7, 11) is 3.95. The highest BCUT2D eigenvalue weighted by Gasteiger charge is 2.32. The lowest BCUT2D eigenvalue weighted by molar-refractivity contribution is 0.361. The Balaban J connectivity index is 1.73. The fourth-order valence-electron chi connectivity index (χ4n) is 3.20. The molecule has 0 unspecified atom stereocenters. The number of rotatable bonds is 3. The summed E-state index contributed by atoms with van der Waals surface area (Å²) in [6.45, 7) is 6.61. The molecule has 1 aromatic carbocycles. The van der Waals surface area contributed by atoms with Gasteiger partial charge in [-0.15, -0.1) is 0 Å². The Morgan fingerprint density at radius 3 is 2.30 bits per heavy atom. The molecule has 0 N–H and O–H groups in total. The van der Waals surface area contributed by atoms with Crippen molar-refractivity contribution in [3.8, 4) is 0 Å². The smallest absolute Gasteiger partial charge is 0.226 e. The molecule has 0 bridgehead atoms. The maximum absolute atomic E-state index is 4.67. The highest BCUT2D eigenvalue weighted by Crippen LogP contribution is 2.36. The van der Waals surface area contributed by atoms with Crippen molar-refractivity contribution < 1.29 is 0 Å². The van der Waals surface area contributed by atoms with Crippen molar-refractivity contribution in [2.45, 2.75) is 32.1 Å². The van der Waals surface area contributed by atoms with Gasteiger partial charge in [0.1, 0.15) is 5.82 Å². The Kier molecular flexibility index (Phi) is 4.24. The number of hydrogen-bond donors (Lipinski definition) is 0. The van der Waals surface area contributed by atoms with Crippen LogP contribution in [0, 0.1) is 6.92 Å². The molecule has 4 nitrogen and oxygen atoms in total. The Bertz CT molecular complexity index is 655. The van der Waals surface area contributed by atoms with Crippen LogP contribution in [0.4, 0.5) is 11.8 Å². The largest absolute Gasteiger partial charge is 0.356 e. The number of piperidine rings is 1. The number of nitrogens with zero attached hydrogens (tertiary/aromatic N) is 4. The molecular formula is C19H26N4. The molecule has 2 heterocycles. The quantitative estimate of drug-likeness (QED) is 0.869. The third-order valence-electron chi connectivity index (χ3n) is 4.97. The third-order valence-corrected chi connectivity index (χ3v) is 4.97. The molecule has 0 spiro atoms. The molecule has 0 saturated carbocycles. The zero-order valence-corrected chi connectivity index (χ0v) is 14.6. The summed E-state index contributed by atoms with van der Waals surface area (Å²) in [6, 6.07) is 11.0. The number of benzene rings is 1. The van der Waals surface area contributed by atoms with Crippen LogP contribution in [-0.2, 0) is 5.41 Å². The minimum absolute atomic E-state index is 0.265. The average molecular weight is 310 g/mol. The van der Waals surface area contributed by atoms with E-state index in [1.165, 1.54) is 11.1 Å². The molecule has 1 aliphatic rings. The zero-order chi connectivity index (χ0) is 16.4. The van der Waals surface area contributed by atoms with Gasteiger partial charge in [-0.1, -0.05) is 36.8 Å². The Morgan fingerprint density at radius 2 is 1.70 bits per heavy atom. The summed E-state index contributed by atoms with van der Waals surface area (Å²) >= 11 is 0. The van der Waals surface area contributed by atoms with Gasteiger partial charge in [-0.2, -0.15) is 4.98 Å². The van der Waals surface area contributed by atoms with E-state index < -0.39 is 0 Å². The topological polar surface area (TPSA) is 32.3 Å². The van der Waals surface area contributed by atoms with Gasteiger partial charge in [0.05, 0.1) is 0 Å². The maximum Gasteiger partial charge on any atom is 0.226 e. The monoisotopic (exact) mass is 310 g/mol. The van der Waals surface area contributed by atoms with Crippen LogP contribution in [-0.4, -0.2) is 37.2 Å². The molecule has 0 aliphatic carbocycles. The van der Waals surface area contributed by atoms with Crippen molar-refractivity contribution in [3.05, 3.63) is 47.7 Å². The number of aromatic nitrogens is 2. The molecule has 122 valence electrons. The molecule has 23 heavy (non-hydrogen) atoms. The van der Waals surface area contributed by atoms with Crippen molar-refractivity contribution >= 4 is 11.8 Å². The first-order valence-corrected chi connectivity index (χ1v) is 8.30. The second-order valence-corrected chi connectivity index (χ2v) is 7.02. The van der Waals surface area contributed by atoms with E-state index in [-0.39, 0.29) is 5.41 Å². The fraction of sp³-hybridized carbons (Fsp3) is 0.474. The van der Waals surface area contributed by atoms with Gasteiger partial charge in [-0.25, -0.2) is 4.98 Å². The van der Waals surface area contributed by atoms with Crippen molar-refractivity contribution in [1.82, 2.24) is 9.97 Å². The molecule has 2 aromatic rings. The molecule has 0 atom stereocenters. The van der Waals surface area contributed by atoms with Crippen molar-refractivity contribution in [1.29, 1.82) is 0 Å². The Morgan fingerprint density at radius 1 is 1.04 bits per heavy atom. The minimum atomic E-state index is 0.265. The summed E-state index contributed by atoms with van der Waals surface area (Å²) in [5.41, 5.74) is 3.05. The second-order valence-electron chi connectivity index (χ2n) is 7.02. The van der Waals surface area contributed by atoms with Crippen molar-refractivity contribution in [2.75, 3.05) is 37.0 Å². The van der Waals surface area contributed by atoms with Gasteiger partial charge in [-0.3, -0.25) is 0 Å². The molecule has 3 rings (SSSR count). The van der Waals surface area contributed by atoms with Gasteiger partial charge in [-0.05, 0) is 36.8 Å². The lowest BCUT2D eigenvalue weighted by Gasteiger charge is -2.40. The zero-order valence-electron chi connectivity index (χ0n) is 14.6. The summed E-state index contributed by atoms with van der Waals surface area (Å²) in [6.07, 6.45) is 4.15. The Labute approximate surface area is 139 Å². The van der Waals surface area contributed by atoms with Gasteiger partial charge < -0.3 is 9.80 Å². The van der Waals surface area contributed by atoms with E-state index in [0.29, 0.717) is 0 Å². The number of aryl methyl sites for hydroxylation is 1. The predicted octanol–water partition coefficient (Wildman–Crippen LogP) is 3.41. The van der Waals surface area contributed by atoms with Crippen LogP contribution in [0.2, 0.25) is 0 Å². The van der Waals surface area contributed by atoms with E-state index in [9.17, 15) is 0 Å².